The monoisotopic (exact) mass is 350 g/mol. The lowest BCUT2D eigenvalue weighted by atomic mass is 10.1. The van der Waals surface area contributed by atoms with Crippen molar-refractivity contribution in [3.63, 3.8) is 0 Å². The third kappa shape index (κ3) is 3.31. The van der Waals surface area contributed by atoms with Crippen molar-refractivity contribution in [2.45, 2.75) is 0 Å². The summed E-state index contributed by atoms with van der Waals surface area (Å²) < 4.78 is 14.0. The lowest BCUT2D eigenvalue weighted by molar-refractivity contribution is 0.594. The van der Waals surface area contributed by atoms with Crippen LogP contribution in [0.4, 0.5) is 16.0 Å². The highest BCUT2D eigenvalue weighted by Gasteiger charge is 2.21. The van der Waals surface area contributed by atoms with Crippen molar-refractivity contribution in [2.24, 2.45) is 0 Å². The maximum Gasteiger partial charge on any atom is 0.252 e. The van der Waals surface area contributed by atoms with Crippen LogP contribution < -0.4 is 15.4 Å². The molecule has 5 nitrogen and oxygen atoms in total. The number of halogens is 1. The van der Waals surface area contributed by atoms with Crippen molar-refractivity contribution >= 4 is 11.6 Å². The number of aromatic amines is 1. The van der Waals surface area contributed by atoms with Crippen molar-refractivity contribution in [2.75, 3.05) is 36.0 Å². The molecule has 1 aromatic heterocycles. The topological polar surface area (TPSA) is 52.2 Å². The van der Waals surface area contributed by atoms with E-state index in [4.69, 9.17) is 0 Å². The number of hydrogen-bond donors (Lipinski definition) is 1. The Kier molecular flexibility index (Phi) is 4.39. The maximum absolute atomic E-state index is 14.0. The van der Waals surface area contributed by atoms with Crippen LogP contribution in [0.2, 0.25) is 0 Å². The van der Waals surface area contributed by atoms with Gasteiger partial charge in [-0.05, 0) is 12.1 Å². The SMILES string of the molecule is O=c1cc(-c2ccccc2)nc(N2CCN(c3ccccc3F)CC2)[nH]1. The Morgan fingerprint density at radius 2 is 1.54 bits per heavy atom. The van der Waals surface area contributed by atoms with E-state index >= 15 is 0 Å². The first-order chi connectivity index (χ1) is 12.7. The maximum atomic E-state index is 14.0. The Morgan fingerprint density at radius 3 is 2.27 bits per heavy atom. The largest absolute Gasteiger partial charge is 0.366 e. The number of rotatable bonds is 3. The molecule has 26 heavy (non-hydrogen) atoms. The predicted molar refractivity (Wildman–Crippen MR) is 101 cm³/mol. The first-order valence-corrected chi connectivity index (χ1v) is 8.62. The molecule has 0 radical (unpaired) electrons. The third-order valence-corrected chi connectivity index (χ3v) is 4.57. The molecule has 0 saturated carbocycles. The van der Waals surface area contributed by atoms with Gasteiger partial charge in [0.15, 0.2) is 0 Å². The van der Waals surface area contributed by atoms with Crippen molar-refractivity contribution < 1.29 is 4.39 Å². The second kappa shape index (κ2) is 7.00. The third-order valence-electron chi connectivity index (χ3n) is 4.57. The van der Waals surface area contributed by atoms with Gasteiger partial charge in [0.1, 0.15) is 5.82 Å². The molecule has 2 aromatic carbocycles. The molecule has 6 heteroatoms. The highest BCUT2D eigenvalue weighted by Crippen LogP contribution is 2.22. The summed E-state index contributed by atoms with van der Waals surface area (Å²) in [6, 6.07) is 17.9. The first-order valence-electron chi connectivity index (χ1n) is 8.62. The molecular weight excluding hydrogens is 331 g/mol. The predicted octanol–water partition coefficient (Wildman–Crippen LogP) is 2.90. The number of nitrogens with one attached hydrogen (secondary N) is 1. The summed E-state index contributed by atoms with van der Waals surface area (Å²) in [6.07, 6.45) is 0. The molecule has 0 unspecified atom stereocenters. The molecule has 4 rings (SSSR count). The van der Waals surface area contributed by atoms with E-state index in [-0.39, 0.29) is 11.4 Å². The summed E-state index contributed by atoms with van der Waals surface area (Å²) in [5.74, 6) is 0.350. The highest BCUT2D eigenvalue weighted by atomic mass is 19.1. The number of aromatic nitrogens is 2. The Labute approximate surface area is 150 Å². The summed E-state index contributed by atoms with van der Waals surface area (Å²) in [5, 5.41) is 0. The molecular formula is C20H19FN4O. The highest BCUT2D eigenvalue weighted by molar-refractivity contribution is 5.60. The molecule has 0 atom stereocenters. The number of H-pyrrole nitrogens is 1. The van der Waals surface area contributed by atoms with Crippen LogP contribution in [0.25, 0.3) is 11.3 Å². The van der Waals surface area contributed by atoms with Crippen LogP contribution in [-0.2, 0) is 0 Å². The average molecular weight is 350 g/mol. The summed E-state index contributed by atoms with van der Waals surface area (Å²) in [6.45, 7) is 2.66. The fourth-order valence-electron chi connectivity index (χ4n) is 3.22. The van der Waals surface area contributed by atoms with E-state index in [1.165, 1.54) is 12.1 Å². The van der Waals surface area contributed by atoms with Gasteiger partial charge in [0, 0.05) is 37.8 Å². The minimum absolute atomic E-state index is 0.176. The van der Waals surface area contributed by atoms with Gasteiger partial charge in [-0.25, -0.2) is 9.37 Å². The number of anilines is 2. The van der Waals surface area contributed by atoms with E-state index in [0.29, 0.717) is 43.5 Å². The van der Waals surface area contributed by atoms with Crippen molar-refractivity contribution in [3.8, 4) is 11.3 Å². The zero-order valence-corrected chi connectivity index (χ0v) is 14.2. The Hall–Kier alpha value is -3.15. The zero-order chi connectivity index (χ0) is 17.9. The van der Waals surface area contributed by atoms with E-state index in [0.717, 1.165) is 5.56 Å². The molecule has 1 N–H and O–H groups in total. The quantitative estimate of drug-likeness (QED) is 0.789. The average Bonchev–Trinajstić information content (AvgIpc) is 2.69. The summed E-state index contributed by atoms with van der Waals surface area (Å²) in [5.41, 5.74) is 2.00. The minimum atomic E-state index is -0.210. The lowest BCUT2D eigenvalue weighted by Crippen LogP contribution is -2.47. The molecule has 0 aliphatic carbocycles. The van der Waals surface area contributed by atoms with Crippen molar-refractivity contribution in [1.29, 1.82) is 0 Å². The first kappa shape index (κ1) is 16.3. The second-order valence-electron chi connectivity index (χ2n) is 6.25. The van der Waals surface area contributed by atoms with Crippen LogP contribution in [-0.4, -0.2) is 36.1 Å². The number of nitrogens with zero attached hydrogens (tertiary/aromatic N) is 3. The second-order valence-corrected chi connectivity index (χ2v) is 6.25. The molecule has 3 aromatic rings. The van der Waals surface area contributed by atoms with E-state index in [2.05, 4.69) is 9.97 Å². The zero-order valence-electron chi connectivity index (χ0n) is 14.2. The van der Waals surface area contributed by atoms with E-state index < -0.39 is 0 Å². The number of piperazine rings is 1. The normalized spacial score (nSPS) is 14.5. The van der Waals surface area contributed by atoms with Crippen LogP contribution in [0.5, 0.6) is 0 Å². The summed E-state index contributed by atoms with van der Waals surface area (Å²) >= 11 is 0. The minimum Gasteiger partial charge on any atom is -0.366 e. The van der Waals surface area contributed by atoms with Crippen LogP contribution in [0.3, 0.4) is 0 Å². The molecule has 0 bridgehead atoms. The fourth-order valence-corrected chi connectivity index (χ4v) is 3.22. The Morgan fingerprint density at radius 1 is 0.885 bits per heavy atom. The van der Waals surface area contributed by atoms with Crippen LogP contribution in [0.15, 0.2) is 65.5 Å². The van der Waals surface area contributed by atoms with Crippen LogP contribution in [0, 0.1) is 5.82 Å². The van der Waals surface area contributed by atoms with Gasteiger partial charge < -0.3 is 9.80 Å². The van der Waals surface area contributed by atoms with Gasteiger partial charge in [0.05, 0.1) is 11.4 Å². The smallest absolute Gasteiger partial charge is 0.252 e. The molecule has 2 heterocycles. The van der Waals surface area contributed by atoms with E-state index in [1.54, 1.807) is 12.1 Å². The molecule has 1 saturated heterocycles. The molecule has 132 valence electrons. The van der Waals surface area contributed by atoms with Crippen LogP contribution in [0.1, 0.15) is 0 Å². The van der Waals surface area contributed by atoms with Gasteiger partial charge in [-0.1, -0.05) is 42.5 Å². The van der Waals surface area contributed by atoms with Crippen LogP contribution >= 0.6 is 0 Å². The molecule has 0 amide bonds. The molecule has 1 fully saturated rings. The Bertz CT molecular complexity index is 949. The summed E-state index contributed by atoms with van der Waals surface area (Å²) in [4.78, 5) is 23.6. The summed E-state index contributed by atoms with van der Waals surface area (Å²) in [7, 11) is 0. The van der Waals surface area contributed by atoms with Gasteiger partial charge in [-0.2, -0.15) is 0 Å². The molecule has 1 aliphatic heterocycles. The van der Waals surface area contributed by atoms with Gasteiger partial charge in [-0.15, -0.1) is 0 Å². The van der Waals surface area contributed by atoms with Gasteiger partial charge in [0.25, 0.3) is 5.56 Å². The lowest BCUT2D eigenvalue weighted by Gasteiger charge is -2.36. The Balaban J connectivity index is 1.54. The number of hydrogen-bond acceptors (Lipinski definition) is 4. The van der Waals surface area contributed by atoms with Gasteiger partial charge in [0.2, 0.25) is 5.95 Å². The van der Waals surface area contributed by atoms with E-state index in [9.17, 15) is 9.18 Å². The van der Waals surface area contributed by atoms with Crippen molar-refractivity contribution in [1.82, 2.24) is 9.97 Å². The fraction of sp³-hybridized carbons (Fsp3) is 0.200. The molecule has 1 aliphatic rings. The molecule has 0 spiro atoms. The number of benzene rings is 2. The number of para-hydroxylation sites is 1. The van der Waals surface area contributed by atoms with E-state index in [1.807, 2.05) is 46.2 Å². The van der Waals surface area contributed by atoms with Gasteiger partial charge in [-0.3, -0.25) is 9.78 Å². The van der Waals surface area contributed by atoms with Crippen molar-refractivity contribution in [3.05, 3.63) is 76.8 Å². The van der Waals surface area contributed by atoms with Gasteiger partial charge >= 0.3 is 0 Å². The standard InChI is InChI=1S/C20H19FN4O/c21-16-8-4-5-9-18(16)24-10-12-25(13-11-24)20-22-17(14-19(26)23-20)15-6-2-1-3-7-15/h1-9,14H,10-13H2,(H,22,23,26).